The van der Waals surface area contributed by atoms with Gasteiger partial charge in [-0.2, -0.15) is 0 Å². The summed E-state index contributed by atoms with van der Waals surface area (Å²) < 4.78 is 7.58. The standard InChI is InChI=1S/C17H29N5O2/c1-3-19(4-2)11-15-12-21-6-5-18-16(21)14-22(13-15)17(23)20-7-9-24-10-8-20/h5-6,15H,3-4,7-14H2,1-2H3. The van der Waals surface area contributed by atoms with Gasteiger partial charge in [-0.15, -0.1) is 0 Å². The molecule has 24 heavy (non-hydrogen) atoms. The van der Waals surface area contributed by atoms with Crippen molar-refractivity contribution in [2.24, 2.45) is 5.92 Å². The Morgan fingerprint density at radius 2 is 2.00 bits per heavy atom. The van der Waals surface area contributed by atoms with E-state index < -0.39 is 0 Å². The molecule has 3 rings (SSSR count). The average molecular weight is 335 g/mol. The number of hydrogen-bond donors (Lipinski definition) is 0. The molecule has 7 heteroatoms. The fourth-order valence-electron chi connectivity index (χ4n) is 3.60. The topological polar surface area (TPSA) is 53.8 Å². The van der Waals surface area contributed by atoms with Gasteiger partial charge in [0.15, 0.2) is 0 Å². The van der Waals surface area contributed by atoms with Crippen molar-refractivity contribution < 1.29 is 9.53 Å². The largest absolute Gasteiger partial charge is 0.378 e. The van der Waals surface area contributed by atoms with Crippen LogP contribution in [0.5, 0.6) is 0 Å². The Morgan fingerprint density at radius 1 is 1.25 bits per heavy atom. The van der Waals surface area contributed by atoms with Crippen LogP contribution in [0.3, 0.4) is 0 Å². The summed E-state index contributed by atoms with van der Waals surface area (Å²) in [6.07, 6.45) is 3.87. The summed E-state index contributed by atoms with van der Waals surface area (Å²) in [5, 5.41) is 0. The zero-order valence-corrected chi connectivity index (χ0v) is 14.9. The van der Waals surface area contributed by atoms with Crippen LogP contribution in [-0.2, 0) is 17.8 Å². The number of carbonyl (C=O) groups is 1. The molecule has 1 aromatic heterocycles. The zero-order valence-electron chi connectivity index (χ0n) is 14.9. The molecule has 2 aliphatic heterocycles. The highest BCUT2D eigenvalue weighted by atomic mass is 16.5. The number of rotatable bonds is 4. The van der Waals surface area contributed by atoms with E-state index >= 15 is 0 Å². The molecule has 2 aliphatic rings. The minimum Gasteiger partial charge on any atom is -0.378 e. The monoisotopic (exact) mass is 335 g/mol. The summed E-state index contributed by atoms with van der Waals surface area (Å²) in [5.74, 6) is 1.41. The maximum absolute atomic E-state index is 13.0. The molecule has 0 aliphatic carbocycles. The highest BCUT2D eigenvalue weighted by Gasteiger charge is 2.29. The Morgan fingerprint density at radius 3 is 2.71 bits per heavy atom. The van der Waals surface area contributed by atoms with E-state index in [0.717, 1.165) is 38.5 Å². The molecule has 0 N–H and O–H groups in total. The normalized spacial score (nSPS) is 21.7. The third-order valence-corrected chi connectivity index (χ3v) is 5.03. The number of carbonyl (C=O) groups excluding carboxylic acids is 1. The van der Waals surface area contributed by atoms with Crippen molar-refractivity contribution in [3.8, 4) is 0 Å². The predicted octanol–water partition coefficient (Wildman–Crippen LogP) is 1.11. The predicted molar refractivity (Wildman–Crippen MR) is 91.7 cm³/mol. The number of imidazole rings is 1. The number of amides is 2. The Bertz CT molecular complexity index is 537. The summed E-state index contributed by atoms with van der Waals surface area (Å²) in [6, 6.07) is 0.124. The summed E-state index contributed by atoms with van der Waals surface area (Å²) in [5.41, 5.74) is 0. The van der Waals surface area contributed by atoms with E-state index in [1.165, 1.54) is 0 Å². The lowest BCUT2D eigenvalue weighted by Crippen LogP contribution is -2.49. The molecule has 134 valence electrons. The van der Waals surface area contributed by atoms with E-state index in [0.29, 0.717) is 38.8 Å². The average Bonchev–Trinajstić information content (AvgIpc) is 2.98. The Hall–Kier alpha value is -1.60. The summed E-state index contributed by atoms with van der Waals surface area (Å²) in [6.45, 7) is 12.4. The van der Waals surface area contributed by atoms with Crippen LogP contribution in [0.25, 0.3) is 0 Å². The molecule has 0 bridgehead atoms. The molecule has 1 saturated heterocycles. The molecule has 2 amide bonds. The Kier molecular flexibility index (Phi) is 5.73. The number of aromatic nitrogens is 2. The number of morpholine rings is 1. The van der Waals surface area contributed by atoms with Crippen LogP contribution >= 0.6 is 0 Å². The van der Waals surface area contributed by atoms with Crippen molar-refractivity contribution >= 4 is 6.03 Å². The van der Waals surface area contributed by atoms with Crippen LogP contribution in [0.1, 0.15) is 19.7 Å². The lowest BCUT2D eigenvalue weighted by Gasteiger charge is -2.34. The summed E-state index contributed by atoms with van der Waals surface area (Å²) in [4.78, 5) is 23.7. The fourth-order valence-corrected chi connectivity index (χ4v) is 3.60. The first-order chi connectivity index (χ1) is 11.7. The van der Waals surface area contributed by atoms with Gasteiger partial charge in [0.2, 0.25) is 0 Å². The van der Waals surface area contributed by atoms with Gasteiger partial charge in [0.05, 0.1) is 19.8 Å². The first kappa shape index (κ1) is 17.2. The van der Waals surface area contributed by atoms with E-state index in [9.17, 15) is 4.79 Å². The van der Waals surface area contributed by atoms with E-state index in [4.69, 9.17) is 4.74 Å². The second-order valence-corrected chi connectivity index (χ2v) is 6.61. The lowest BCUT2D eigenvalue weighted by atomic mass is 10.1. The molecule has 1 atom stereocenters. The van der Waals surface area contributed by atoms with Crippen molar-refractivity contribution in [2.45, 2.75) is 26.9 Å². The third kappa shape index (κ3) is 3.89. The van der Waals surface area contributed by atoms with Crippen molar-refractivity contribution in [1.82, 2.24) is 24.3 Å². The van der Waals surface area contributed by atoms with Crippen LogP contribution in [0.4, 0.5) is 4.79 Å². The minimum atomic E-state index is 0.124. The number of hydrogen-bond acceptors (Lipinski definition) is 4. The maximum atomic E-state index is 13.0. The van der Waals surface area contributed by atoms with Crippen molar-refractivity contribution in [2.75, 3.05) is 52.5 Å². The molecule has 3 heterocycles. The number of urea groups is 1. The van der Waals surface area contributed by atoms with Crippen molar-refractivity contribution in [3.05, 3.63) is 18.2 Å². The van der Waals surface area contributed by atoms with Crippen LogP contribution < -0.4 is 0 Å². The van der Waals surface area contributed by atoms with Gasteiger partial charge in [-0.05, 0) is 13.1 Å². The van der Waals surface area contributed by atoms with Gasteiger partial charge in [0, 0.05) is 51.0 Å². The van der Waals surface area contributed by atoms with Gasteiger partial charge >= 0.3 is 6.03 Å². The first-order valence-corrected chi connectivity index (χ1v) is 9.05. The quantitative estimate of drug-likeness (QED) is 0.827. The lowest BCUT2D eigenvalue weighted by molar-refractivity contribution is 0.0408. The zero-order chi connectivity index (χ0) is 16.9. The molecule has 0 radical (unpaired) electrons. The van der Waals surface area contributed by atoms with Crippen LogP contribution in [0.15, 0.2) is 12.4 Å². The van der Waals surface area contributed by atoms with Gasteiger partial charge in [-0.25, -0.2) is 9.78 Å². The van der Waals surface area contributed by atoms with Crippen LogP contribution in [-0.4, -0.2) is 82.8 Å². The number of fused-ring (bicyclic) bond motifs is 1. The molecule has 0 aromatic carbocycles. The smallest absolute Gasteiger partial charge is 0.320 e. The first-order valence-electron chi connectivity index (χ1n) is 9.05. The minimum absolute atomic E-state index is 0.124. The van der Waals surface area contributed by atoms with E-state index in [1.54, 1.807) is 0 Å². The number of ether oxygens (including phenoxy) is 1. The Balaban J connectivity index is 1.74. The van der Waals surface area contributed by atoms with E-state index in [1.807, 2.05) is 22.2 Å². The van der Waals surface area contributed by atoms with Gasteiger partial charge in [-0.3, -0.25) is 0 Å². The summed E-state index contributed by atoms with van der Waals surface area (Å²) >= 11 is 0. The second-order valence-electron chi connectivity index (χ2n) is 6.61. The van der Waals surface area contributed by atoms with Crippen molar-refractivity contribution in [1.29, 1.82) is 0 Å². The van der Waals surface area contributed by atoms with Crippen LogP contribution in [0.2, 0.25) is 0 Å². The molecular formula is C17H29N5O2. The Labute approximate surface area is 144 Å². The van der Waals surface area contributed by atoms with Crippen LogP contribution in [0, 0.1) is 5.92 Å². The van der Waals surface area contributed by atoms with E-state index in [2.05, 4.69) is 28.3 Å². The third-order valence-electron chi connectivity index (χ3n) is 5.03. The van der Waals surface area contributed by atoms with Gasteiger partial charge < -0.3 is 24.0 Å². The summed E-state index contributed by atoms with van der Waals surface area (Å²) in [7, 11) is 0. The molecule has 0 saturated carbocycles. The molecule has 0 spiro atoms. The fraction of sp³-hybridized carbons (Fsp3) is 0.765. The second kappa shape index (κ2) is 7.98. The molecule has 7 nitrogen and oxygen atoms in total. The molecule has 1 unspecified atom stereocenters. The highest BCUT2D eigenvalue weighted by Crippen LogP contribution is 2.18. The molecular weight excluding hydrogens is 306 g/mol. The maximum Gasteiger partial charge on any atom is 0.320 e. The molecule has 1 fully saturated rings. The van der Waals surface area contributed by atoms with E-state index in [-0.39, 0.29) is 6.03 Å². The SMILES string of the molecule is CCN(CC)CC1CN(C(=O)N2CCOCC2)Cc2nccn2C1. The van der Waals surface area contributed by atoms with Crippen molar-refractivity contribution in [3.63, 3.8) is 0 Å². The van der Waals surface area contributed by atoms with Gasteiger partial charge in [0.1, 0.15) is 5.82 Å². The molecule has 1 aromatic rings. The van der Waals surface area contributed by atoms with Gasteiger partial charge in [-0.1, -0.05) is 13.8 Å². The highest BCUT2D eigenvalue weighted by molar-refractivity contribution is 5.74. The number of nitrogens with zero attached hydrogens (tertiary/aromatic N) is 5. The van der Waals surface area contributed by atoms with Gasteiger partial charge in [0.25, 0.3) is 0 Å².